The lowest BCUT2D eigenvalue weighted by Gasteiger charge is -2.11. The van der Waals surface area contributed by atoms with E-state index in [9.17, 15) is 5.26 Å². The number of benzene rings is 2. The zero-order chi connectivity index (χ0) is 22.2. The Bertz CT molecular complexity index is 1050. The Hall–Kier alpha value is -3.37. The first kappa shape index (κ1) is 22.3. The maximum Gasteiger partial charge on any atom is 0.248 e. The van der Waals surface area contributed by atoms with Gasteiger partial charge in [-0.2, -0.15) is 5.26 Å². The van der Waals surface area contributed by atoms with Crippen LogP contribution in [0.25, 0.3) is 22.9 Å². The average Bonchev–Trinajstić information content (AvgIpc) is 3.26. The van der Waals surface area contributed by atoms with E-state index in [2.05, 4.69) is 28.5 Å². The summed E-state index contributed by atoms with van der Waals surface area (Å²) in [6.45, 7) is 7.49. The van der Waals surface area contributed by atoms with Crippen LogP contribution in [0.2, 0.25) is 0 Å². The van der Waals surface area contributed by atoms with E-state index in [0.29, 0.717) is 35.3 Å². The van der Waals surface area contributed by atoms with Gasteiger partial charge in [0.05, 0.1) is 18.3 Å². The van der Waals surface area contributed by atoms with Crippen molar-refractivity contribution < 1.29 is 13.9 Å². The minimum atomic E-state index is -0.0179. The van der Waals surface area contributed by atoms with Crippen LogP contribution >= 0.6 is 0 Å². The van der Waals surface area contributed by atoms with E-state index in [1.807, 2.05) is 45.2 Å². The molecule has 1 N–H and O–H groups in total. The average molecular weight is 421 g/mol. The minimum Gasteiger partial charge on any atom is -0.494 e. The molecular formula is C24H28N4O3. The van der Waals surface area contributed by atoms with Crippen molar-refractivity contribution in [2.75, 3.05) is 20.2 Å². The number of ether oxygens (including phenoxy) is 2. The summed E-state index contributed by atoms with van der Waals surface area (Å²) in [6.07, 6.45) is 1.73. The Balaban J connectivity index is 1.82. The maximum atomic E-state index is 9.46. The maximum absolute atomic E-state index is 9.46. The highest BCUT2D eigenvalue weighted by atomic mass is 16.5. The van der Waals surface area contributed by atoms with Crippen molar-refractivity contribution in [1.29, 1.82) is 5.26 Å². The second kappa shape index (κ2) is 10.6. The molecule has 0 saturated carbocycles. The van der Waals surface area contributed by atoms with E-state index < -0.39 is 0 Å². The molecule has 0 fully saturated rings. The highest BCUT2D eigenvalue weighted by molar-refractivity contribution is 5.64. The first-order chi connectivity index (χ1) is 15.0. The lowest BCUT2D eigenvalue weighted by atomic mass is 10.0. The van der Waals surface area contributed by atoms with Crippen LogP contribution in [0.5, 0.6) is 11.5 Å². The summed E-state index contributed by atoms with van der Waals surface area (Å²) in [5.41, 5.74) is 3.05. The van der Waals surface area contributed by atoms with Gasteiger partial charge in [-0.1, -0.05) is 6.92 Å². The Morgan fingerprint density at radius 1 is 1.13 bits per heavy atom. The summed E-state index contributed by atoms with van der Waals surface area (Å²) in [4.78, 5) is 0. The fourth-order valence-corrected chi connectivity index (χ4v) is 3.16. The fourth-order valence-electron chi connectivity index (χ4n) is 3.16. The molecule has 0 spiro atoms. The summed E-state index contributed by atoms with van der Waals surface area (Å²) in [5.74, 6) is 2.17. The van der Waals surface area contributed by atoms with Gasteiger partial charge in [0.2, 0.25) is 11.8 Å². The molecule has 0 aliphatic heterocycles. The van der Waals surface area contributed by atoms with Gasteiger partial charge in [0.15, 0.2) is 0 Å². The number of aromatic nitrogens is 2. The van der Waals surface area contributed by atoms with E-state index in [4.69, 9.17) is 13.9 Å². The molecule has 1 heterocycles. The van der Waals surface area contributed by atoms with Crippen LogP contribution in [0.3, 0.4) is 0 Å². The molecule has 3 aromatic rings. The van der Waals surface area contributed by atoms with Gasteiger partial charge in [0.25, 0.3) is 0 Å². The van der Waals surface area contributed by atoms with Crippen molar-refractivity contribution in [3.8, 4) is 40.5 Å². The molecule has 0 radical (unpaired) electrons. The first-order valence-corrected chi connectivity index (χ1v) is 10.5. The van der Waals surface area contributed by atoms with Crippen LogP contribution in [0.15, 0.2) is 40.8 Å². The number of hydrogen-bond donors (Lipinski definition) is 1. The smallest absolute Gasteiger partial charge is 0.248 e. The monoisotopic (exact) mass is 420 g/mol. The Labute approximate surface area is 183 Å². The molecule has 3 rings (SSSR count). The molecule has 0 amide bonds. The van der Waals surface area contributed by atoms with Gasteiger partial charge in [-0.05, 0) is 82.2 Å². The van der Waals surface area contributed by atoms with Crippen LogP contribution in [-0.2, 0) is 6.42 Å². The molecule has 162 valence electrons. The third-order valence-electron chi connectivity index (χ3n) is 4.66. The second-order valence-corrected chi connectivity index (χ2v) is 7.38. The number of nitriles is 1. The van der Waals surface area contributed by atoms with Gasteiger partial charge in [0, 0.05) is 11.1 Å². The van der Waals surface area contributed by atoms with E-state index in [1.54, 1.807) is 12.1 Å². The van der Waals surface area contributed by atoms with Crippen molar-refractivity contribution in [3.63, 3.8) is 0 Å². The van der Waals surface area contributed by atoms with Crippen LogP contribution in [-0.4, -0.2) is 36.5 Å². The van der Waals surface area contributed by atoms with Gasteiger partial charge in [0.1, 0.15) is 17.6 Å². The van der Waals surface area contributed by atoms with E-state index in [0.717, 1.165) is 36.3 Å². The quantitative estimate of drug-likeness (QED) is 0.479. The Kier molecular flexibility index (Phi) is 7.63. The molecule has 0 unspecified atom stereocenters. The van der Waals surface area contributed by atoms with E-state index in [1.165, 1.54) is 0 Å². The summed E-state index contributed by atoms with van der Waals surface area (Å²) < 4.78 is 17.5. The Morgan fingerprint density at radius 3 is 2.65 bits per heavy atom. The zero-order valence-electron chi connectivity index (χ0n) is 18.4. The predicted molar refractivity (Wildman–Crippen MR) is 119 cm³/mol. The van der Waals surface area contributed by atoms with Gasteiger partial charge in [-0.15, -0.1) is 10.2 Å². The molecule has 0 atom stereocenters. The normalized spacial score (nSPS) is 10.8. The van der Waals surface area contributed by atoms with Crippen LogP contribution in [0, 0.1) is 11.3 Å². The summed E-state index contributed by atoms with van der Waals surface area (Å²) in [7, 11) is 1.93. The number of nitrogens with one attached hydrogen (secondary N) is 1. The molecular weight excluding hydrogens is 392 g/mol. The van der Waals surface area contributed by atoms with Crippen LogP contribution < -0.4 is 14.8 Å². The SMILES string of the molecule is CCc1cc(OCCCNC)ccc1-c1nnc(-c2ccc(OC(C)C)c(C#N)c2)o1. The molecule has 7 heteroatoms. The van der Waals surface area contributed by atoms with E-state index in [-0.39, 0.29) is 6.10 Å². The number of rotatable bonds is 10. The van der Waals surface area contributed by atoms with Crippen molar-refractivity contribution in [2.24, 2.45) is 0 Å². The minimum absolute atomic E-state index is 0.0179. The first-order valence-electron chi connectivity index (χ1n) is 10.5. The third-order valence-corrected chi connectivity index (χ3v) is 4.66. The standard InChI is InChI=1S/C24H28N4O3/c1-5-17-14-20(29-12-6-11-26-4)8-9-21(17)24-28-27-23(31-24)18-7-10-22(30-16(2)3)19(13-18)15-25/h7-10,13-14,16,26H,5-6,11-12H2,1-4H3. The van der Waals surface area contributed by atoms with Gasteiger partial charge >= 0.3 is 0 Å². The lowest BCUT2D eigenvalue weighted by Crippen LogP contribution is -2.11. The summed E-state index contributed by atoms with van der Waals surface area (Å²) >= 11 is 0. The van der Waals surface area contributed by atoms with Crippen LogP contribution in [0.4, 0.5) is 0 Å². The number of aryl methyl sites for hydroxylation is 1. The summed E-state index contributed by atoms with van der Waals surface area (Å²) in [6, 6.07) is 13.3. The van der Waals surface area contributed by atoms with Crippen molar-refractivity contribution in [2.45, 2.75) is 39.7 Å². The zero-order valence-corrected chi connectivity index (χ0v) is 18.4. The molecule has 0 aliphatic carbocycles. The summed E-state index contributed by atoms with van der Waals surface area (Å²) in [5, 5.41) is 21.0. The van der Waals surface area contributed by atoms with Crippen molar-refractivity contribution in [3.05, 3.63) is 47.5 Å². The molecule has 31 heavy (non-hydrogen) atoms. The number of hydrogen-bond acceptors (Lipinski definition) is 7. The molecule has 0 aliphatic rings. The van der Waals surface area contributed by atoms with E-state index >= 15 is 0 Å². The van der Waals surface area contributed by atoms with Gasteiger partial charge in [-0.25, -0.2) is 0 Å². The largest absolute Gasteiger partial charge is 0.494 e. The number of nitrogens with zero attached hydrogens (tertiary/aromatic N) is 3. The molecule has 7 nitrogen and oxygen atoms in total. The topological polar surface area (TPSA) is 93.2 Å². The second-order valence-electron chi connectivity index (χ2n) is 7.38. The lowest BCUT2D eigenvalue weighted by molar-refractivity contribution is 0.242. The molecule has 2 aromatic carbocycles. The van der Waals surface area contributed by atoms with Crippen LogP contribution in [0.1, 0.15) is 38.3 Å². The highest BCUT2D eigenvalue weighted by Gasteiger charge is 2.16. The third kappa shape index (κ3) is 5.62. The fraction of sp³-hybridized carbons (Fsp3) is 0.375. The van der Waals surface area contributed by atoms with Gasteiger partial charge < -0.3 is 19.2 Å². The Morgan fingerprint density at radius 2 is 1.94 bits per heavy atom. The van der Waals surface area contributed by atoms with Crippen molar-refractivity contribution >= 4 is 0 Å². The predicted octanol–water partition coefficient (Wildman–Crippen LogP) is 4.61. The molecule has 1 aromatic heterocycles. The van der Waals surface area contributed by atoms with Gasteiger partial charge in [-0.3, -0.25) is 0 Å². The molecule has 0 bridgehead atoms. The highest BCUT2D eigenvalue weighted by Crippen LogP contribution is 2.31. The van der Waals surface area contributed by atoms with Crippen molar-refractivity contribution in [1.82, 2.24) is 15.5 Å². The molecule has 0 saturated heterocycles.